The maximum Gasteiger partial charge on any atom is 0.387 e. The van der Waals surface area contributed by atoms with E-state index >= 15 is 0 Å². The molecule has 0 aliphatic carbocycles. The number of hydrogen-bond donors (Lipinski definition) is 0. The zero-order valence-electron chi connectivity index (χ0n) is 21.7. The van der Waals surface area contributed by atoms with Gasteiger partial charge in [-0.3, -0.25) is 9.36 Å². The zero-order chi connectivity index (χ0) is 27.6. The minimum atomic E-state index is -3.00. The second kappa shape index (κ2) is 11.3. The highest BCUT2D eigenvalue weighted by Gasteiger charge is 2.33. The highest BCUT2D eigenvalue weighted by molar-refractivity contribution is 7.07. The number of carbonyl (C=O) groups is 1. The first-order chi connectivity index (χ1) is 18.1. The van der Waals surface area contributed by atoms with E-state index in [9.17, 15) is 18.4 Å². The third kappa shape index (κ3) is 5.40. The Hall–Kier alpha value is -3.79. The van der Waals surface area contributed by atoms with Crippen LogP contribution in [0.3, 0.4) is 0 Å². The average molecular weight is 543 g/mol. The molecule has 0 fully saturated rings. The predicted molar refractivity (Wildman–Crippen MR) is 141 cm³/mol. The Bertz CT molecular complexity index is 1560. The van der Waals surface area contributed by atoms with Gasteiger partial charge in [-0.15, -0.1) is 0 Å². The molecule has 10 heteroatoms. The molecule has 2 aromatic carbocycles. The minimum absolute atomic E-state index is 0.107. The Labute approximate surface area is 222 Å². The zero-order valence-corrected chi connectivity index (χ0v) is 22.5. The molecule has 2 heterocycles. The van der Waals surface area contributed by atoms with Gasteiger partial charge < -0.3 is 14.2 Å². The summed E-state index contributed by atoms with van der Waals surface area (Å²) in [4.78, 5) is 31.8. The van der Waals surface area contributed by atoms with Gasteiger partial charge in [0.2, 0.25) is 0 Å². The van der Waals surface area contributed by atoms with Crippen molar-refractivity contribution in [2.75, 3.05) is 13.7 Å². The molecule has 7 nitrogen and oxygen atoms in total. The number of alkyl halides is 2. The molecule has 1 aliphatic heterocycles. The van der Waals surface area contributed by atoms with Crippen molar-refractivity contribution in [3.8, 4) is 11.5 Å². The molecule has 4 rings (SSSR count). The van der Waals surface area contributed by atoms with E-state index in [1.54, 1.807) is 26.0 Å². The average Bonchev–Trinajstić information content (AvgIpc) is 3.18. The summed E-state index contributed by atoms with van der Waals surface area (Å²) in [5, 5.41) is 0. The number of ether oxygens (including phenoxy) is 3. The van der Waals surface area contributed by atoms with Crippen LogP contribution in [-0.4, -0.2) is 30.9 Å². The first kappa shape index (κ1) is 27.3. The molecule has 0 bridgehead atoms. The van der Waals surface area contributed by atoms with E-state index in [1.807, 2.05) is 24.3 Å². The molecule has 38 heavy (non-hydrogen) atoms. The normalized spacial score (nSPS) is 15.5. The second-order valence-corrected chi connectivity index (χ2v) is 9.92. The lowest BCUT2D eigenvalue weighted by Crippen LogP contribution is -2.39. The SMILES string of the molecule is CCOC(=O)C1=C(C)N=c2s/c(=C/c3ccc(OC(F)F)c(OC)c3)c(=O)n2C1c1ccc(C(C)C)cc1. The number of halogens is 2. The van der Waals surface area contributed by atoms with Gasteiger partial charge >= 0.3 is 12.6 Å². The number of carbonyl (C=O) groups excluding carboxylic acids is 1. The van der Waals surface area contributed by atoms with Gasteiger partial charge in [-0.25, -0.2) is 9.79 Å². The maximum absolute atomic E-state index is 13.7. The summed E-state index contributed by atoms with van der Waals surface area (Å²) in [6, 6.07) is 11.5. The Balaban J connectivity index is 1.87. The van der Waals surface area contributed by atoms with Gasteiger partial charge in [-0.2, -0.15) is 8.78 Å². The van der Waals surface area contributed by atoms with Crippen molar-refractivity contribution in [1.82, 2.24) is 4.57 Å². The Morgan fingerprint density at radius 2 is 1.87 bits per heavy atom. The Morgan fingerprint density at radius 3 is 2.47 bits per heavy atom. The van der Waals surface area contributed by atoms with Crippen LogP contribution in [0.5, 0.6) is 11.5 Å². The van der Waals surface area contributed by atoms with Gasteiger partial charge in [-0.05, 0) is 54.7 Å². The Morgan fingerprint density at radius 1 is 1.16 bits per heavy atom. The van der Waals surface area contributed by atoms with Crippen LogP contribution in [0.4, 0.5) is 8.78 Å². The van der Waals surface area contributed by atoms with Crippen molar-refractivity contribution in [1.29, 1.82) is 0 Å². The second-order valence-electron chi connectivity index (χ2n) is 8.91. The molecular weight excluding hydrogens is 514 g/mol. The molecule has 1 aliphatic rings. The third-order valence-electron chi connectivity index (χ3n) is 6.14. The number of rotatable bonds is 8. The first-order valence-electron chi connectivity index (χ1n) is 12.1. The lowest BCUT2D eigenvalue weighted by molar-refractivity contribution is -0.139. The summed E-state index contributed by atoms with van der Waals surface area (Å²) in [5.74, 6) is -0.210. The van der Waals surface area contributed by atoms with E-state index < -0.39 is 18.6 Å². The quantitative estimate of drug-likeness (QED) is 0.391. The molecule has 1 atom stereocenters. The van der Waals surface area contributed by atoms with Crippen LogP contribution in [0, 0.1) is 0 Å². The van der Waals surface area contributed by atoms with E-state index in [1.165, 1.54) is 35.1 Å². The maximum atomic E-state index is 13.7. The molecule has 0 saturated carbocycles. The highest BCUT2D eigenvalue weighted by Crippen LogP contribution is 2.32. The van der Waals surface area contributed by atoms with Gasteiger partial charge in [-0.1, -0.05) is 55.5 Å². The molecule has 0 N–H and O–H groups in total. The Kier molecular flexibility index (Phi) is 8.11. The summed E-state index contributed by atoms with van der Waals surface area (Å²) in [5.41, 5.74) is 2.88. The first-order valence-corrected chi connectivity index (χ1v) is 12.9. The summed E-state index contributed by atoms with van der Waals surface area (Å²) in [6.45, 7) is 4.82. The van der Waals surface area contributed by atoms with Crippen LogP contribution in [0.25, 0.3) is 6.08 Å². The molecule has 1 aromatic heterocycles. The number of aromatic nitrogens is 1. The van der Waals surface area contributed by atoms with Crippen molar-refractivity contribution in [2.45, 2.75) is 46.3 Å². The van der Waals surface area contributed by atoms with Crippen LogP contribution >= 0.6 is 11.3 Å². The van der Waals surface area contributed by atoms with Crippen molar-refractivity contribution in [2.24, 2.45) is 4.99 Å². The number of hydrogen-bond acceptors (Lipinski definition) is 7. The summed E-state index contributed by atoms with van der Waals surface area (Å²) < 4.78 is 42.3. The van der Waals surface area contributed by atoms with Crippen LogP contribution in [-0.2, 0) is 9.53 Å². The van der Waals surface area contributed by atoms with Crippen molar-refractivity contribution in [3.63, 3.8) is 0 Å². The predicted octanol–water partition coefficient (Wildman–Crippen LogP) is 4.53. The van der Waals surface area contributed by atoms with Gasteiger partial charge in [0.25, 0.3) is 5.56 Å². The molecule has 0 saturated heterocycles. The highest BCUT2D eigenvalue weighted by atomic mass is 32.1. The minimum Gasteiger partial charge on any atom is -0.493 e. The van der Waals surface area contributed by atoms with E-state index in [-0.39, 0.29) is 23.7 Å². The molecule has 3 aromatic rings. The van der Waals surface area contributed by atoms with E-state index in [4.69, 9.17) is 9.47 Å². The monoisotopic (exact) mass is 542 g/mol. The fourth-order valence-electron chi connectivity index (χ4n) is 4.29. The van der Waals surface area contributed by atoms with Crippen LogP contribution in [0.1, 0.15) is 56.3 Å². The standard InChI is InChI=1S/C28H28F2N2O5S/c1-6-36-26(34)23-16(4)31-28-32(24(23)19-10-8-18(9-11-19)15(2)3)25(33)22(38-28)14-17-7-12-20(37-27(29)30)21(13-17)35-5/h7-15,24,27H,6H2,1-5H3/b22-14+. The summed E-state index contributed by atoms with van der Waals surface area (Å²) >= 11 is 1.17. The van der Waals surface area contributed by atoms with Gasteiger partial charge in [0.05, 0.1) is 35.6 Å². The van der Waals surface area contributed by atoms with Crippen molar-refractivity contribution < 1.29 is 27.8 Å². The largest absolute Gasteiger partial charge is 0.493 e. The molecule has 0 radical (unpaired) electrons. The van der Waals surface area contributed by atoms with Gasteiger partial charge in [0, 0.05) is 0 Å². The molecule has 1 unspecified atom stereocenters. The fourth-order valence-corrected chi connectivity index (χ4v) is 5.34. The number of benzene rings is 2. The third-order valence-corrected chi connectivity index (χ3v) is 7.12. The van der Waals surface area contributed by atoms with Crippen LogP contribution in [0.2, 0.25) is 0 Å². The van der Waals surface area contributed by atoms with E-state index in [0.29, 0.717) is 32.1 Å². The number of nitrogens with zero attached hydrogens (tertiary/aromatic N) is 2. The van der Waals surface area contributed by atoms with E-state index in [2.05, 4.69) is 23.6 Å². The van der Waals surface area contributed by atoms with Crippen LogP contribution < -0.4 is 24.4 Å². The van der Waals surface area contributed by atoms with Crippen molar-refractivity contribution in [3.05, 3.63) is 90.1 Å². The topological polar surface area (TPSA) is 79.1 Å². The number of allylic oxidation sites excluding steroid dienone is 1. The van der Waals surface area contributed by atoms with Gasteiger partial charge in [0.1, 0.15) is 0 Å². The molecule has 0 spiro atoms. The van der Waals surface area contributed by atoms with E-state index in [0.717, 1.165) is 11.1 Å². The van der Waals surface area contributed by atoms with Crippen LogP contribution in [0.15, 0.2) is 63.5 Å². The summed E-state index contributed by atoms with van der Waals surface area (Å²) in [7, 11) is 1.34. The molecule has 200 valence electrons. The molecule has 0 amide bonds. The smallest absolute Gasteiger partial charge is 0.387 e. The number of methoxy groups -OCH3 is 1. The summed E-state index contributed by atoms with van der Waals surface area (Å²) in [6.07, 6.45) is 1.63. The molecular formula is C28H28F2N2O5S. The van der Waals surface area contributed by atoms with Gasteiger partial charge in [0.15, 0.2) is 16.3 Å². The number of thiazole rings is 1. The fraction of sp³-hybridized carbons (Fsp3) is 0.321. The lowest BCUT2D eigenvalue weighted by Gasteiger charge is -2.25. The lowest BCUT2D eigenvalue weighted by atomic mass is 9.93. The van der Waals surface area contributed by atoms with Crippen molar-refractivity contribution >= 4 is 23.4 Å². The number of fused-ring (bicyclic) bond motifs is 1. The number of esters is 1.